The lowest BCUT2D eigenvalue weighted by Crippen LogP contribution is -2.08. The summed E-state index contributed by atoms with van der Waals surface area (Å²) in [4.78, 5) is 16.2. The molecule has 4 nitrogen and oxygen atoms in total. The van der Waals surface area contributed by atoms with Crippen molar-refractivity contribution in [3.63, 3.8) is 0 Å². The Hall–Kier alpha value is -1.49. The third kappa shape index (κ3) is 3.26. The van der Waals surface area contributed by atoms with Crippen molar-refractivity contribution in [1.29, 1.82) is 0 Å². The van der Waals surface area contributed by atoms with Crippen LogP contribution in [0.4, 0.5) is 0 Å². The minimum atomic E-state index is 0.161. The second-order valence-corrected chi connectivity index (χ2v) is 5.69. The van der Waals surface area contributed by atoms with Crippen LogP contribution in [0.5, 0.6) is 0 Å². The average Bonchev–Trinajstić information content (AvgIpc) is 2.88. The Labute approximate surface area is 111 Å². The van der Waals surface area contributed by atoms with Crippen LogP contribution in [0.2, 0.25) is 0 Å². The molecular weight excluding hydrogens is 246 g/mol. The lowest BCUT2D eigenvalue weighted by atomic mass is 10.1. The van der Waals surface area contributed by atoms with E-state index in [4.69, 9.17) is 0 Å². The first-order valence-electron chi connectivity index (χ1n) is 6.01. The van der Waals surface area contributed by atoms with Crippen molar-refractivity contribution in [3.05, 3.63) is 34.0 Å². The van der Waals surface area contributed by atoms with Crippen molar-refractivity contribution in [2.75, 3.05) is 0 Å². The number of ketones is 1. The van der Waals surface area contributed by atoms with Gasteiger partial charge in [-0.2, -0.15) is 5.10 Å². The smallest absolute Gasteiger partial charge is 0.144 e. The molecule has 5 heteroatoms. The number of thiazole rings is 1. The molecule has 0 atom stereocenters. The van der Waals surface area contributed by atoms with Gasteiger partial charge in [0.1, 0.15) is 5.78 Å². The lowest BCUT2D eigenvalue weighted by Gasteiger charge is -2.03. The molecule has 0 aliphatic heterocycles. The van der Waals surface area contributed by atoms with Crippen molar-refractivity contribution in [3.8, 4) is 0 Å². The highest BCUT2D eigenvalue weighted by atomic mass is 32.1. The molecule has 0 unspecified atom stereocenters. The maximum absolute atomic E-state index is 11.9. The molecule has 0 bridgehead atoms. The molecule has 2 rings (SSSR count). The summed E-state index contributed by atoms with van der Waals surface area (Å²) in [7, 11) is 0. The lowest BCUT2D eigenvalue weighted by molar-refractivity contribution is -0.117. The zero-order valence-corrected chi connectivity index (χ0v) is 11.7. The van der Waals surface area contributed by atoms with Crippen LogP contribution < -0.4 is 0 Å². The van der Waals surface area contributed by atoms with E-state index in [9.17, 15) is 4.79 Å². The number of hydrogen-bond donors (Lipinski definition) is 0. The Balaban J connectivity index is 1.94. The molecule has 0 fully saturated rings. The summed E-state index contributed by atoms with van der Waals surface area (Å²) in [6.07, 6.45) is 2.70. The quantitative estimate of drug-likeness (QED) is 0.833. The summed E-state index contributed by atoms with van der Waals surface area (Å²) >= 11 is 1.58. The molecule has 0 aliphatic rings. The normalized spacial score (nSPS) is 11.1. The highest BCUT2D eigenvalue weighted by Gasteiger charge is 2.10. The van der Waals surface area contributed by atoms with E-state index < -0.39 is 0 Å². The summed E-state index contributed by atoms with van der Waals surface area (Å²) in [6.45, 7) is 6.08. The number of rotatable bonds is 5. The molecule has 0 N–H and O–H groups in total. The molecule has 2 aromatic heterocycles. The van der Waals surface area contributed by atoms with E-state index in [1.807, 2.05) is 29.2 Å². The molecule has 2 heterocycles. The second-order valence-electron chi connectivity index (χ2n) is 4.63. The predicted octanol–water partition coefficient (Wildman–Crippen LogP) is 2.58. The molecule has 2 aromatic rings. The summed E-state index contributed by atoms with van der Waals surface area (Å²) in [5, 5.41) is 7.32. The number of nitrogens with zero attached hydrogens (tertiary/aromatic N) is 3. The maximum atomic E-state index is 11.9. The van der Waals surface area contributed by atoms with E-state index in [2.05, 4.69) is 23.9 Å². The zero-order valence-electron chi connectivity index (χ0n) is 10.9. The van der Waals surface area contributed by atoms with Gasteiger partial charge in [-0.15, -0.1) is 11.3 Å². The summed E-state index contributed by atoms with van der Waals surface area (Å²) in [6, 6.07) is 2.24. The van der Waals surface area contributed by atoms with Crippen LogP contribution in [0, 0.1) is 6.92 Å². The molecule has 18 heavy (non-hydrogen) atoms. The molecule has 96 valence electrons. The van der Waals surface area contributed by atoms with E-state index in [0.717, 1.165) is 16.4 Å². The Morgan fingerprint density at radius 2 is 2.11 bits per heavy atom. The Bertz CT molecular complexity index is 542. The van der Waals surface area contributed by atoms with Gasteiger partial charge in [0.2, 0.25) is 0 Å². The van der Waals surface area contributed by atoms with Gasteiger partial charge >= 0.3 is 0 Å². The van der Waals surface area contributed by atoms with E-state index in [1.165, 1.54) is 0 Å². The maximum Gasteiger partial charge on any atom is 0.144 e. The third-order valence-corrected chi connectivity index (χ3v) is 3.44. The van der Waals surface area contributed by atoms with Crippen LogP contribution in [0.3, 0.4) is 0 Å². The van der Waals surface area contributed by atoms with E-state index in [-0.39, 0.29) is 5.78 Å². The molecule has 0 saturated heterocycles. The van der Waals surface area contributed by atoms with Crippen LogP contribution in [0.25, 0.3) is 0 Å². The molecule has 0 spiro atoms. The first-order chi connectivity index (χ1) is 8.54. The van der Waals surface area contributed by atoms with Gasteiger partial charge in [-0.1, -0.05) is 0 Å². The number of aryl methyl sites for hydroxylation is 1. The molecule has 0 aromatic carbocycles. The van der Waals surface area contributed by atoms with Crippen molar-refractivity contribution in [2.24, 2.45) is 0 Å². The Morgan fingerprint density at radius 3 is 2.67 bits per heavy atom. The summed E-state index contributed by atoms with van der Waals surface area (Å²) < 4.78 is 1.87. The molecule has 0 radical (unpaired) electrons. The van der Waals surface area contributed by atoms with Crippen LogP contribution in [0.1, 0.15) is 36.3 Å². The van der Waals surface area contributed by atoms with Crippen LogP contribution >= 0.6 is 11.3 Å². The summed E-state index contributed by atoms with van der Waals surface area (Å²) in [5.41, 5.74) is 1.70. The predicted molar refractivity (Wildman–Crippen MR) is 71.9 cm³/mol. The Kier molecular flexibility index (Phi) is 3.91. The fraction of sp³-hybridized carbons (Fsp3) is 0.462. The van der Waals surface area contributed by atoms with Crippen molar-refractivity contribution < 1.29 is 4.79 Å². The Morgan fingerprint density at radius 1 is 1.39 bits per heavy atom. The van der Waals surface area contributed by atoms with Gasteiger partial charge in [0.15, 0.2) is 0 Å². The monoisotopic (exact) mass is 263 g/mol. The molecule has 0 aliphatic carbocycles. The number of hydrogen-bond acceptors (Lipinski definition) is 4. The van der Waals surface area contributed by atoms with Gasteiger partial charge in [0.25, 0.3) is 0 Å². The fourth-order valence-electron chi connectivity index (χ4n) is 1.72. The van der Waals surface area contributed by atoms with Crippen LogP contribution in [0.15, 0.2) is 17.6 Å². The van der Waals surface area contributed by atoms with E-state index in [0.29, 0.717) is 18.9 Å². The van der Waals surface area contributed by atoms with Crippen molar-refractivity contribution >= 4 is 17.1 Å². The van der Waals surface area contributed by atoms with Crippen LogP contribution in [-0.4, -0.2) is 20.5 Å². The van der Waals surface area contributed by atoms with E-state index >= 15 is 0 Å². The largest absolute Gasteiger partial charge is 0.299 e. The minimum absolute atomic E-state index is 0.161. The van der Waals surface area contributed by atoms with Crippen molar-refractivity contribution in [1.82, 2.24) is 14.8 Å². The van der Waals surface area contributed by atoms with Crippen LogP contribution in [-0.2, 0) is 17.6 Å². The van der Waals surface area contributed by atoms with Gasteiger partial charge < -0.3 is 0 Å². The molecule has 0 saturated carbocycles. The standard InChI is InChI=1S/C13H17N3OS/c1-9(2)16-5-4-11(15-16)6-13(17)7-12-8-18-10(3)14-12/h4-5,8-9H,6-7H2,1-3H3. The third-order valence-electron chi connectivity index (χ3n) is 2.62. The zero-order chi connectivity index (χ0) is 13.1. The van der Waals surface area contributed by atoms with Gasteiger partial charge in [-0.05, 0) is 26.8 Å². The first kappa shape index (κ1) is 13.0. The number of Topliss-reactive ketones (excluding diaryl/α,β-unsaturated/α-hetero) is 1. The van der Waals surface area contributed by atoms with Gasteiger partial charge in [-0.25, -0.2) is 4.98 Å². The number of carbonyl (C=O) groups excluding carboxylic acids is 1. The topological polar surface area (TPSA) is 47.8 Å². The average molecular weight is 263 g/mol. The molecule has 0 amide bonds. The summed E-state index contributed by atoms with van der Waals surface area (Å²) in [5.74, 6) is 0.161. The van der Waals surface area contributed by atoms with Gasteiger partial charge in [0, 0.05) is 24.0 Å². The highest BCUT2D eigenvalue weighted by molar-refractivity contribution is 7.09. The molecular formula is C13H17N3OS. The van der Waals surface area contributed by atoms with Crippen molar-refractivity contribution in [2.45, 2.75) is 39.7 Å². The second kappa shape index (κ2) is 5.44. The van der Waals surface area contributed by atoms with E-state index in [1.54, 1.807) is 11.3 Å². The van der Waals surface area contributed by atoms with Gasteiger partial charge in [-0.3, -0.25) is 9.48 Å². The SMILES string of the molecule is Cc1nc(CC(=O)Cc2ccn(C(C)C)n2)cs1. The minimum Gasteiger partial charge on any atom is -0.299 e. The van der Waals surface area contributed by atoms with Gasteiger partial charge in [0.05, 0.1) is 22.8 Å². The highest BCUT2D eigenvalue weighted by Crippen LogP contribution is 2.10. The first-order valence-corrected chi connectivity index (χ1v) is 6.89. The number of aromatic nitrogens is 3. The fourth-order valence-corrected chi connectivity index (χ4v) is 2.33. The number of carbonyl (C=O) groups is 1.